The highest BCUT2D eigenvalue weighted by Gasteiger charge is 2.08. The Morgan fingerprint density at radius 2 is 2.21 bits per heavy atom. The Kier molecular flexibility index (Phi) is 4.58. The van der Waals surface area contributed by atoms with Gasteiger partial charge in [-0.15, -0.1) is 0 Å². The molecule has 1 rings (SSSR count). The quantitative estimate of drug-likeness (QED) is 0.759. The summed E-state index contributed by atoms with van der Waals surface area (Å²) in [4.78, 5) is 0. The predicted molar refractivity (Wildman–Crippen MR) is 61.7 cm³/mol. The molecule has 2 nitrogen and oxygen atoms in total. The molecule has 14 heavy (non-hydrogen) atoms. The van der Waals surface area contributed by atoms with Crippen LogP contribution in [0.1, 0.15) is 26.3 Å². The first-order valence-electron chi connectivity index (χ1n) is 4.94. The van der Waals surface area contributed by atoms with Crippen LogP contribution in [0.5, 0.6) is 0 Å². The molecule has 80 valence electrons. The summed E-state index contributed by atoms with van der Waals surface area (Å²) in [5.41, 5.74) is 1.33. The summed E-state index contributed by atoms with van der Waals surface area (Å²) in [5.74, 6) is 0. The average molecular weight is 213 g/mol. The van der Waals surface area contributed by atoms with E-state index in [1.54, 1.807) is 11.3 Å². The highest BCUT2D eigenvalue weighted by atomic mass is 32.1. The van der Waals surface area contributed by atoms with Crippen LogP contribution in [0.3, 0.4) is 0 Å². The van der Waals surface area contributed by atoms with Gasteiger partial charge in [0.25, 0.3) is 0 Å². The van der Waals surface area contributed by atoms with Crippen molar-refractivity contribution in [2.75, 3.05) is 13.2 Å². The average Bonchev–Trinajstić information content (AvgIpc) is 2.54. The molecule has 0 amide bonds. The molecule has 0 aromatic carbocycles. The fraction of sp³-hybridized carbons (Fsp3) is 0.636. The Balaban J connectivity index is 2.00. The standard InChI is InChI=1S/C11H19NOS/c1-11(2,3)13-6-5-12-8-10-4-7-14-9-10/h4,7,9,12H,5-6,8H2,1-3H3. The summed E-state index contributed by atoms with van der Waals surface area (Å²) in [5, 5.41) is 7.61. The second-order valence-corrected chi connectivity index (χ2v) is 5.05. The maximum Gasteiger partial charge on any atom is 0.0599 e. The van der Waals surface area contributed by atoms with E-state index in [-0.39, 0.29) is 5.60 Å². The zero-order chi connectivity index (χ0) is 10.4. The third kappa shape index (κ3) is 5.37. The van der Waals surface area contributed by atoms with Crippen LogP contribution in [-0.4, -0.2) is 18.8 Å². The van der Waals surface area contributed by atoms with Crippen molar-refractivity contribution < 1.29 is 4.74 Å². The lowest BCUT2D eigenvalue weighted by atomic mass is 10.2. The maximum absolute atomic E-state index is 5.59. The summed E-state index contributed by atoms with van der Waals surface area (Å²) in [6.07, 6.45) is 0. The third-order valence-corrected chi connectivity index (χ3v) is 2.46. The Bertz CT molecular complexity index is 238. The van der Waals surface area contributed by atoms with E-state index in [1.165, 1.54) is 5.56 Å². The van der Waals surface area contributed by atoms with Crippen LogP contribution < -0.4 is 5.32 Å². The van der Waals surface area contributed by atoms with Gasteiger partial charge in [-0.3, -0.25) is 0 Å². The van der Waals surface area contributed by atoms with Gasteiger partial charge >= 0.3 is 0 Å². The van der Waals surface area contributed by atoms with Gasteiger partial charge in [0.1, 0.15) is 0 Å². The molecule has 1 N–H and O–H groups in total. The van der Waals surface area contributed by atoms with Crippen LogP contribution in [0, 0.1) is 0 Å². The summed E-state index contributed by atoms with van der Waals surface area (Å²) in [7, 11) is 0. The van der Waals surface area contributed by atoms with Gasteiger partial charge in [0, 0.05) is 13.1 Å². The molecular weight excluding hydrogens is 194 g/mol. The highest BCUT2D eigenvalue weighted by Crippen LogP contribution is 2.06. The van der Waals surface area contributed by atoms with Crippen molar-refractivity contribution >= 4 is 11.3 Å². The van der Waals surface area contributed by atoms with Crippen molar-refractivity contribution in [1.29, 1.82) is 0 Å². The lowest BCUT2D eigenvalue weighted by Gasteiger charge is -2.19. The monoisotopic (exact) mass is 213 g/mol. The van der Waals surface area contributed by atoms with E-state index >= 15 is 0 Å². The van der Waals surface area contributed by atoms with E-state index in [1.807, 2.05) is 0 Å². The number of ether oxygens (including phenoxy) is 1. The number of hydrogen-bond acceptors (Lipinski definition) is 3. The van der Waals surface area contributed by atoms with Gasteiger partial charge in [0.15, 0.2) is 0 Å². The highest BCUT2D eigenvalue weighted by molar-refractivity contribution is 7.07. The van der Waals surface area contributed by atoms with Crippen LogP contribution >= 0.6 is 11.3 Å². The number of hydrogen-bond donors (Lipinski definition) is 1. The van der Waals surface area contributed by atoms with Crippen molar-refractivity contribution in [3.63, 3.8) is 0 Å². The van der Waals surface area contributed by atoms with Gasteiger partial charge in [-0.25, -0.2) is 0 Å². The Labute approximate surface area is 90.3 Å². The molecule has 0 saturated heterocycles. The van der Waals surface area contributed by atoms with Crippen LogP contribution in [0.25, 0.3) is 0 Å². The SMILES string of the molecule is CC(C)(C)OCCNCc1ccsc1. The van der Waals surface area contributed by atoms with E-state index in [9.17, 15) is 0 Å². The molecule has 1 heterocycles. The van der Waals surface area contributed by atoms with Crippen molar-refractivity contribution in [2.45, 2.75) is 32.9 Å². The fourth-order valence-electron chi connectivity index (χ4n) is 1.06. The molecule has 0 bridgehead atoms. The van der Waals surface area contributed by atoms with Gasteiger partial charge in [0.05, 0.1) is 12.2 Å². The van der Waals surface area contributed by atoms with Crippen LogP contribution in [0.15, 0.2) is 16.8 Å². The summed E-state index contributed by atoms with van der Waals surface area (Å²) in [6.45, 7) is 8.85. The minimum Gasteiger partial charge on any atom is -0.375 e. The second kappa shape index (κ2) is 5.49. The van der Waals surface area contributed by atoms with Gasteiger partial charge < -0.3 is 10.1 Å². The minimum absolute atomic E-state index is 0.0237. The summed E-state index contributed by atoms with van der Waals surface area (Å²) < 4.78 is 5.59. The van der Waals surface area contributed by atoms with Crippen molar-refractivity contribution in [2.24, 2.45) is 0 Å². The second-order valence-electron chi connectivity index (χ2n) is 4.27. The molecule has 0 spiro atoms. The summed E-state index contributed by atoms with van der Waals surface area (Å²) >= 11 is 1.74. The first-order chi connectivity index (χ1) is 6.58. The zero-order valence-corrected chi connectivity index (χ0v) is 9.99. The molecular formula is C11H19NOS. The Hall–Kier alpha value is -0.380. The van der Waals surface area contributed by atoms with E-state index in [0.717, 1.165) is 19.7 Å². The van der Waals surface area contributed by atoms with Crippen LogP contribution in [0.4, 0.5) is 0 Å². The van der Waals surface area contributed by atoms with E-state index in [0.29, 0.717) is 0 Å². The molecule has 3 heteroatoms. The van der Waals surface area contributed by atoms with Crippen molar-refractivity contribution in [3.05, 3.63) is 22.4 Å². The van der Waals surface area contributed by atoms with E-state index in [2.05, 4.69) is 42.9 Å². The van der Waals surface area contributed by atoms with E-state index in [4.69, 9.17) is 4.74 Å². The third-order valence-electron chi connectivity index (χ3n) is 1.72. The largest absolute Gasteiger partial charge is 0.375 e. The van der Waals surface area contributed by atoms with E-state index < -0.39 is 0 Å². The van der Waals surface area contributed by atoms with Crippen molar-refractivity contribution in [1.82, 2.24) is 5.32 Å². The molecule has 0 fully saturated rings. The lowest BCUT2D eigenvalue weighted by molar-refractivity contribution is -0.000882. The zero-order valence-electron chi connectivity index (χ0n) is 9.17. The van der Waals surface area contributed by atoms with Crippen molar-refractivity contribution in [3.8, 4) is 0 Å². The molecule has 1 aromatic rings. The fourth-order valence-corrected chi connectivity index (χ4v) is 1.72. The number of thiophene rings is 1. The molecule has 0 atom stereocenters. The van der Waals surface area contributed by atoms with Gasteiger partial charge in [-0.2, -0.15) is 11.3 Å². The molecule has 0 aliphatic rings. The Morgan fingerprint density at radius 3 is 2.79 bits per heavy atom. The lowest BCUT2D eigenvalue weighted by Crippen LogP contribution is -2.26. The first kappa shape index (κ1) is 11.7. The topological polar surface area (TPSA) is 21.3 Å². The molecule has 0 unspecified atom stereocenters. The molecule has 0 aliphatic carbocycles. The van der Waals surface area contributed by atoms with Crippen LogP contribution in [-0.2, 0) is 11.3 Å². The van der Waals surface area contributed by atoms with Crippen LogP contribution in [0.2, 0.25) is 0 Å². The molecule has 0 radical (unpaired) electrons. The predicted octanol–water partition coefficient (Wildman–Crippen LogP) is 2.65. The molecule has 0 saturated carbocycles. The smallest absolute Gasteiger partial charge is 0.0599 e. The molecule has 1 aromatic heterocycles. The van der Waals surface area contributed by atoms with Gasteiger partial charge in [-0.1, -0.05) is 0 Å². The number of rotatable bonds is 5. The number of nitrogens with one attached hydrogen (secondary N) is 1. The Morgan fingerprint density at radius 1 is 1.43 bits per heavy atom. The maximum atomic E-state index is 5.59. The van der Waals surface area contributed by atoms with Gasteiger partial charge in [-0.05, 0) is 43.2 Å². The summed E-state index contributed by atoms with van der Waals surface area (Å²) in [6, 6.07) is 2.14. The van der Waals surface area contributed by atoms with Gasteiger partial charge in [0.2, 0.25) is 0 Å². The first-order valence-corrected chi connectivity index (χ1v) is 5.88. The normalized spacial score (nSPS) is 11.9. The minimum atomic E-state index is -0.0237. The molecule has 0 aliphatic heterocycles.